The van der Waals surface area contributed by atoms with Gasteiger partial charge in [-0.05, 0) is 34.9 Å². The van der Waals surface area contributed by atoms with Gasteiger partial charge in [0.15, 0.2) is 0 Å². The van der Waals surface area contributed by atoms with Gasteiger partial charge in [0.1, 0.15) is 0 Å². The van der Waals surface area contributed by atoms with Crippen LogP contribution in [-0.4, -0.2) is 0 Å². The fraction of sp³-hybridized carbons (Fsp3) is 0. The molecule has 0 N–H and O–H groups in total. The molecule has 0 aromatic heterocycles. The highest BCUT2D eigenvalue weighted by atomic mass is 79.9. The Kier molecular flexibility index (Phi) is 3.62. The Labute approximate surface area is 112 Å². The third-order valence-electron chi connectivity index (χ3n) is 2.39. The van der Waals surface area contributed by atoms with Crippen LogP contribution < -0.4 is 0 Å². The molecule has 0 nitrogen and oxygen atoms in total. The molecule has 0 aliphatic heterocycles. The lowest BCUT2D eigenvalue weighted by molar-refractivity contribution is 1.51. The van der Waals surface area contributed by atoms with Crippen LogP contribution in [0.15, 0.2) is 64.1 Å². The van der Waals surface area contributed by atoms with Crippen LogP contribution in [0.2, 0.25) is 0 Å². The van der Waals surface area contributed by atoms with Crippen LogP contribution in [-0.2, 0) is 0 Å². The molecule has 16 heavy (non-hydrogen) atoms. The molecule has 80 valence electrons. The fourth-order valence-electron chi connectivity index (χ4n) is 1.51. The van der Waals surface area contributed by atoms with Crippen LogP contribution in [0, 0.1) is 0 Å². The van der Waals surface area contributed by atoms with Gasteiger partial charge in [0.05, 0.1) is 0 Å². The van der Waals surface area contributed by atoms with Gasteiger partial charge in [-0.15, -0.1) is 0 Å². The standard InChI is InChI=1S/C14H10Br2/c1-10(11-6-8-12(15)9-7-11)13-4-2-3-5-14(13)16/h2-9H,1H2. The molecule has 0 spiro atoms. The van der Waals surface area contributed by atoms with Crippen molar-refractivity contribution in [2.24, 2.45) is 0 Å². The van der Waals surface area contributed by atoms with E-state index in [4.69, 9.17) is 0 Å². The molecule has 0 fully saturated rings. The second-order valence-corrected chi connectivity index (χ2v) is 5.24. The van der Waals surface area contributed by atoms with Gasteiger partial charge in [-0.1, -0.05) is 68.8 Å². The average molecular weight is 338 g/mol. The first kappa shape index (κ1) is 11.6. The molecule has 0 unspecified atom stereocenters. The highest BCUT2D eigenvalue weighted by molar-refractivity contribution is 9.10. The van der Waals surface area contributed by atoms with Gasteiger partial charge in [0, 0.05) is 8.95 Å². The maximum Gasteiger partial charge on any atom is 0.0253 e. The third kappa shape index (κ3) is 2.45. The van der Waals surface area contributed by atoms with E-state index in [0.29, 0.717) is 0 Å². The Hall–Kier alpha value is -0.860. The molecule has 0 aliphatic rings. The Bertz CT molecular complexity index is 513. The number of rotatable bonds is 2. The zero-order valence-electron chi connectivity index (χ0n) is 8.58. The van der Waals surface area contributed by atoms with Gasteiger partial charge in [-0.25, -0.2) is 0 Å². The van der Waals surface area contributed by atoms with Crippen molar-refractivity contribution in [3.05, 3.63) is 75.2 Å². The fourth-order valence-corrected chi connectivity index (χ4v) is 2.30. The molecule has 0 aliphatic carbocycles. The Balaban J connectivity index is 2.40. The first-order chi connectivity index (χ1) is 7.68. The molecule has 0 amide bonds. The monoisotopic (exact) mass is 336 g/mol. The first-order valence-electron chi connectivity index (χ1n) is 4.88. The summed E-state index contributed by atoms with van der Waals surface area (Å²) in [6, 6.07) is 16.3. The molecule has 0 heterocycles. The van der Waals surface area contributed by atoms with E-state index in [1.165, 1.54) is 0 Å². The van der Waals surface area contributed by atoms with E-state index in [2.05, 4.69) is 56.6 Å². The van der Waals surface area contributed by atoms with E-state index < -0.39 is 0 Å². The minimum atomic E-state index is 1.03. The lowest BCUT2D eigenvalue weighted by Crippen LogP contribution is -1.87. The summed E-state index contributed by atoms with van der Waals surface area (Å²) in [6.07, 6.45) is 0. The molecule has 0 bridgehead atoms. The minimum Gasteiger partial charge on any atom is -0.0905 e. The first-order valence-corrected chi connectivity index (χ1v) is 6.47. The van der Waals surface area contributed by atoms with E-state index in [9.17, 15) is 0 Å². The molecule has 2 aromatic rings. The van der Waals surface area contributed by atoms with Crippen molar-refractivity contribution in [1.82, 2.24) is 0 Å². The van der Waals surface area contributed by atoms with Gasteiger partial charge in [-0.3, -0.25) is 0 Å². The Morgan fingerprint density at radius 2 is 1.50 bits per heavy atom. The summed E-state index contributed by atoms with van der Waals surface area (Å²) in [7, 11) is 0. The highest BCUT2D eigenvalue weighted by Crippen LogP contribution is 2.28. The normalized spacial score (nSPS) is 10.1. The average Bonchev–Trinajstić information content (AvgIpc) is 2.30. The molecule has 0 saturated carbocycles. The van der Waals surface area contributed by atoms with Crippen LogP contribution in [0.5, 0.6) is 0 Å². The predicted molar refractivity (Wildman–Crippen MR) is 76.4 cm³/mol. The van der Waals surface area contributed by atoms with Crippen LogP contribution in [0.4, 0.5) is 0 Å². The molecular weight excluding hydrogens is 328 g/mol. The zero-order valence-corrected chi connectivity index (χ0v) is 11.8. The SMILES string of the molecule is C=C(c1ccc(Br)cc1)c1ccccc1Br. The maximum absolute atomic E-state index is 4.14. The number of benzene rings is 2. The van der Waals surface area contributed by atoms with Crippen molar-refractivity contribution in [3.63, 3.8) is 0 Å². The summed E-state index contributed by atoms with van der Waals surface area (Å²) in [5, 5.41) is 0. The number of hydrogen-bond acceptors (Lipinski definition) is 0. The molecule has 2 heteroatoms. The summed E-state index contributed by atoms with van der Waals surface area (Å²) >= 11 is 6.96. The molecule has 0 atom stereocenters. The van der Waals surface area contributed by atoms with Crippen LogP contribution in [0.25, 0.3) is 5.57 Å². The van der Waals surface area contributed by atoms with Crippen LogP contribution >= 0.6 is 31.9 Å². The van der Waals surface area contributed by atoms with Crippen molar-refractivity contribution in [3.8, 4) is 0 Å². The second-order valence-electron chi connectivity index (χ2n) is 3.47. The molecule has 2 rings (SSSR count). The number of halogens is 2. The quantitative estimate of drug-likeness (QED) is 0.700. The van der Waals surface area contributed by atoms with Crippen molar-refractivity contribution >= 4 is 37.4 Å². The van der Waals surface area contributed by atoms with E-state index in [0.717, 1.165) is 25.6 Å². The van der Waals surface area contributed by atoms with Gasteiger partial charge in [0.25, 0.3) is 0 Å². The highest BCUT2D eigenvalue weighted by Gasteiger charge is 2.05. The van der Waals surface area contributed by atoms with Crippen molar-refractivity contribution in [2.75, 3.05) is 0 Å². The smallest absolute Gasteiger partial charge is 0.0253 e. The van der Waals surface area contributed by atoms with E-state index >= 15 is 0 Å². The van der Waals surface area contributed by atoms with Crippen LogP contribution in [0.3, 0.4) is 0 Å². The van der Waals surface area contributed by atoms with Gasteiger partial charge in [0.2, 0.25) is 0 Å². The number of hydrogen-bond donors (Lipinski definition) is 0. The van der Waals surface area contributed by atoms with Crippen molar-refractivity contribution in [2.45, 2.75) is 0 Å². The third-order valence-corrected chi connectivity index (χ3v) is 3.61. The predicted octanol–water partition coefficient (Wildman–Crippen LogP) is 5.27. The van der Waals surface area contributed by atoms with Gasteiger partial charge >= 0.3 is 0 Å². The lowest BCUT2D eigenvalue weighted by Gasteiger charge is -2.08. The summed E-state index contributed by atoms with van der Waals surface area (Å²) in [5.74, 6) is 0. The minimum absolute atomic E-state index is 1.03. The summed E-state index contributed by atoms with van der Waals surface area (Å²) in [5.41, 5.74) is 3.29. The van der Waals surface area contributed by atoms with E-state index in [-0.39, 0.29) is 0 Å². The van der Waals surface area contributed by atoms with Gasteiger partial charge in [-0.2, -0.15) is 0 Å². The molecule has 0 radical (unpaired) electrons. The Morgan fingerprint density at radius 3 is 2.12 bits per heavy atom. The Morgan fingerprint density at radius 1 is 0.875 bits per heavy atom. The molecular formula is C14H10Br2. The second kappa shape index (κ2) is 4.98. The zero-order chi connectivity index (χ0) is 11.5. The van der Waals surface area contributed by atoms with E-state index in [1.807, 2.05) is 30.3 Å². The molecule has 0 saturated heterocycles. The maximum atomic E-state index is 4.14. The van der Waals surface area contributed by atoms with Crippen molar-refractivity contribution in [1.29, 1.82) is 0 Å². The topological polar surface area (TPSA) is 0 Å². The van der Waals surface area contributed by atoms with Gasteiger partial charge < -0.3 is 0 Å². The van der Waals surface area contributed by atoms with E-state index in [1.54, 1.807) is 0 Å². The summed E-state index contributed by atoms with van der Waals surface area (Å²) in [4.78, 5) is 0. The molecule has 2 aromatic carbocycles. The van der Waals surface area contributed by atoms with Crippen molar-refractivity contribution < 1.29 is 0 Å². The largest absolute Gasteiger partial charge is 0.0905 e. The summed E-state index contributed by atoms with van der Waals surface area (Å²) in [6.45, 7) is 4.14. The summed E-state index contributed by atoms with van der Waals surface area (Å²) < 4.78 is 2.15. The lowest BCUT2D eigenvalue weighted by atomic mass is 10.00. The van der Waals surface area contributed by atoms with Crippen LogP contribution in [0.1, 0.15) is 11.1 Å².